The van der Waals surface area contributed by atoms with Gasteiger partial charge in [0.1, 0.15) is 5.75 Å². The van der Waals surface area contributed by atoms with Gasteiger partial charge in [-0.25, -0.2) is 4.98 Å². The lowest BCUT2D eigenvalue weighted by atomic mass is 10.1. The molecule has 1 aliphatic rings. The first kappa shape index (κ1) is 16.8. The van der Waals surface area contributed by atoms with Gasteiger partial charge >= 0.3 is 0 Å². The molecular formula is C23H22N4O. The van der Waals surface area contributed by atoms with Crippen molar-refractivity contribution in [1.29, 1.82) is 0 Å². The summed E-state index contributed by atoms with van der Waals surface area (Å²) in [6.45, 7) is 3.66. The molecule has 0 atom stereocenters. The second kappa shape index (κ2) is 7.37. The maximum atomic E-state index is 5.92. The monoisotopic (exact) mass is 370 g/mol. The van der Waals surface area contributed by atoms with Crippen LogP contribution in [0.4, 0.5) is 5.69 Å². The van der Waals surface area contributed by atoms with E-state index in [0.29, 0.717) is 5.88 Å². The van der Waals surface area contributed by atoms with Gasteiger partial charge in [-0.05, 0) is 46.8 Å². The molecule has 0 radical (unpaired) electrons. The van der Waals surface area contributed by atoms with Crippen LogP contribution in [0.2, 0.25) is 0 Å². The lowest BCUT2D eigenvalue weighted by molar-refractivity contribution is 0.271. The average molecular weight is 370 g/mol. The molecule has 0 fully saturated rings. The number of H-pyrrole nitrogens is 1. The first-order valence-electron chi connectivity index (χ1n) is 9.57. The van der Waals surface area contributed by atoms with E-state index in [1.807, 2.05) is 48.8 Å². The minimum Gasteiger partial charge on any atom is -0.439 e. The number of hydrogen-bond acceptors (Lipinski definition) is 4. The molecule has 0 aliphatic carbocycles. The van der Waals surface area contributed by atoms with Crippen molar-refractivity contribution in [3.8, 4) is 11.6 Å². The molecule has 0 spiro atoms. The zero-order valence-corrected chi connectivity index (χ0v) is 15.6. The Kier molecular flexibility index (Phi) is 4.43. The molecule has 0 saturated heterocycles. The topological polar surface area (TPSA) is 53.2 Å². The number of rotatable bonds is 4. The number of hydrogen-bond donors (Lipinski definition) is 2. The van der Waals surface area contributed by atoms with Gasteiger partial charge in [-0.1, -0.05) is 24.3 Å². The van der Waals surface area contributed by atoms with E-state index in [-0.39, 0.29) is 0 Å². The summed E-state index contributed by atoms with van der Waals surface area (Å²) in [5, 5.41) is 4.75. The zero-order chi connectivity index (χ0) is 18.8. The highest BCUT2D eigenvalue weighted by molar-refractivity contribution is 5.79. The fourth-order valence-corrected chi connectivity index (χ4v) is 3.69. The number of fused-ring (bicyclic) bond motifs is 2. The number of aromatic amines is 1. The van der Waals surface area contributed by atoms with Crippen LogP contribution in [-0.2, 0) is 13.1 Å². The number of para-hydroxylation sites is 1. The molecule has 140 valence electrons. The molecule has 4 aromatic rings. The minimum atomic E-state index is 0.627. The van der Waals surface area contributed by atoms with Crippen molar-refractivity contribution in [3.63, 3.8) is 0 Å². The van der Waals surface area contributed by atoms with Crippen LogP contribution in [0.25, 0.3) is 10.9 Å². The highest BCUT2D eigenvalue weighted by atomic mass is 16.5. The van der Waals surface area contributed by atoms with Crippen molar-refractivity contribution < 1.29 is 4.74 Å². The normalized spacial score (nSPS) is 14.3. The van der Waals surface area contributed by atoms with Crippen LogP contribution in [0, 0.1) is 0 Å². The second-order valence-corrected chi connectivity index (χ2v) is 7.13. The van der Waals surface area contributed by atoms with Gasteiger partial charge < -0.3 is 15.0 Å². The van der Waals surface area contributed by atoms with Gasteiger partial charge in [-0.3, -0.25) is 4.90 Å². The molecule has 2 aromatic carbocycles. The van der Waals surface area contributed by atoms with E-state index in [1.165, 1.54) is 22.0 Å². The van der Waals surface area contributed by atoms with Crippen molar-refractivity contribution in [1.82, 2.24) is 14.9 Å². The fraction of sp³-hybridized carbons (Fsp3) is 0.174. The maximum absolute atomic E-state index is 5.92. The Bertz CT molecular complexity index is 1090. The third-order valence-corrected chi connectivity index (χ3v) is 5.09. The van der Waals surface area contributed by atoms with Crippen molar-refractivity contribution in [2.75, 3.05) is 18.4 Å². The van der Waals surface area contributed by atoms with Crippen LogP contribution in [0.1, 0.15) is 11.1 Å². The summed E-state index contributed by atoms with van der Waals surface area (Å²) in [5.74, 6) is 1.43. The van der Waals surface area contributed by atoms with Gasteiger partial charge in [0.25, 0.3) is 0 Å². The van der Waals surface area contributed by atoms with E-state index in [2.05, 4.69) is 44.5 Å². The van der Waals surface area contributed by atoms with Crippen LogP contribution in [0.15, 0.2) is 73.1 Å². The van der Waals surface area contributed by atoms with E-state index in [4.69, 9.17) is 4.74 Å². The first-order valence-corrected chi connectivity index (χ1v) is 9.57. The molecule has 0 saturated carbocycles. The Hall–Kier alpha value is -3.31. The van der Waals surface area contributed by atoms with Crippen molar-refractivity contribution >= 4 is 16.6 Å². The predicted molar refractivity (Wildman–Crippen MR) is 112 cm³/mol. The lowest BCUT2D eigenvalue weighted by Gasteiger charge is -2.20. The summed E-state index contributed by atoms with van der Waals surface area (Å²) in [6.07, 6.45) is 3.87. The van der Waals surface area contributed by atoms with E-state index < -0.39 is 0 Å². The Labute approximate surface area is 164 Å². The third kappa shape index (κ3) is 3.57. The molecule has 28 heavy (non-hydrogen) atoms. The summed E-state index contributed by atoms with van der Waals surface area (Å²) in [4.78, 5) is 10.2. The fourth-order valence-electron chi connectivity index (χ4n) is 3.69. The number of anilines is 1. The Balaban J connectivity index is 1.35. The van der Waals surface area contributed by atoms with Crippen molar-refractivity contribution in [3.05, 3.63) is 84.2 Å². The molecule has 2 aromatic heterocycles. The number of aromatic nitrogens is 2. The zero-order valence-electron chi connectivity index (χ0n) is 15.6. The summed E-state index contributed by atoms with van der Waals surface area (Å²) >= 11 is 0. The van der Waals surface area contributed by atoms with Gasteiger partial charge in [0.2, 0.25) is 5.88 Å². The van der Waals surface area contributed by atoms with Crippen LogP contribution in [-0.4, -0.2) is 28.0 Å². The second-order valence-electron chi connectivity index (χ2n) is 7.13. The van der Waals surface area contributed by atoms with Gasteiger partial charge in [0, 0.05) is 44.0 Å². The van der Waals surface area contributed by atoms with Crippen molar-refractivity contribution in [2.45, 2.75) is 13.1 Å². The summed E-state index contributed by atoms with van der Waals surface area (Å²) in [5.41, 5.74) is 4.80. The molecule has 2 N–H and O–H groups in total. The molecule has 5 nitrogen and oxygen atoms in total. The largest absolute Gasteiger partial charge is 0.439 e. The molecule has 5 rings (SSSR count). The smallest absolute Gasteiger partial charge is 0.219 e. The van der Waals surface area contributed by atoms with Crippen molar-refractivity contribution in [2.24, 2.45) is 0 Å². The van der Waals surface area contributed by atoms with Crippen LogP contribution in [0.3, 0.4) is 0 Å². The van der Waals surface area contributed by atoms with Gasteiger partial charge in [-0.2, -0.15) is 0 Å². The molecule has 0 unspecified atom stereocenters. The highest BCUT2D eigenvalue weighted by Gasteiger charge is 2.16. The minimum absolute atomic E-state index is 0.627. The van der Waals surface area contributed by atoms with E-state index in [0.717, 1.165) is 37.6 Å². The maximum Gasteiger partial charge on any atom is 0.219 e. The average Bonchev–Trinajstić information content (AvgIpc) is 3.09. The third-order valence-electron chi connectivity index (χ3n) is 5.09. The first-order chi connectivity index (χ1) is 13.8. The number of pyridine rings is 1. The van der Waals surface area contributed by atoms with Gasteiger partial charge in [-0.15, -0.1) is 0 Å². The Morgan fingerprint density at radius 2 is 1.96 bits per heavy atom. The Morgan fingerprint density at radius 3 is 2.89 bits per heavy atom. The number of nitrogens with zero attached hydrogens (tertiary/aromatic N) is 2. The number of benzene rings is 2. The molecule has 0 amide bonds. The summed E-state index contributed by atoms with van der Waals surface area (Å²) < 4.78 is 5.92. The van der Waals surface area contributed by atoms with E-state index >= 15 is 0 Å². The SMILES string of the molecule is c1ccc(Oc2cc3c(cn2)NCCN(Cc2ccc4[nH]ccc4c2)C3)cc1. The van der Waals surface area contributed by atoms with Gasteiger partial charge in [0.15, 0.2) is 0 Å². The molecule has 3 heterocycles. The predicted octanol–water partition coefficient (Wildman–Crippen LogP) is 4.78. The van der Waals surface area contributed by atoms with Crippen LogP contribution < -0.4 is 10.1 Å². The number of nitrogens with one attached hydrogen (secondary N) is 2. The molecule has 1 aliphatic heterocycles. The summed E-state index contributed by atoms with van der Waals surface area (Å²) in [6, 6.07) is 20.6. The van der Waals surface area contributed by atoms with Crippen LogP contribution in [0.5, 0.6) is 11.6 Å². The Morgan fingerprint density at radius 1 is 1.04 bits per heavy atom. The molecule has 0 bridgehead atoms. The number of ether oxygens (including phenoxy) is 1. The molecule has 5 heteroatoms. The quantitative estimate of drug-likeness (QED) is 0.543. The van der Waals surface area contributed by atoms with Gasteiger partial charge in [0.05, 0.1) is 11.9 Å². The molecular weight excluding hydrogens is 348 g/mol. The van der Waals surface area contributed by atoms with E-state index in [1.54, 1.807) is 0 Å². The lowest BCUT2D eigenvalue weighted by Crippen LogP contribution is -2.25. The highest BCUT2D eigenvalue weighted by Crippen LogP contribution is 2.27. The van der Waals surface area contributed by atoms with Crippen LogP contribution >= 0.6 is 0 Å². The summed E-state index contributed by atoms with van der Waals surface area (Å²) in [7, 11) is 0. The van der Waals surface area contributed by atoms with E-state index in [9.17, 15) is 0 Å². The standard InChI is InChI=1S/C23H22N4O/c1-2-4-20(5-3-1)28-23-13-19-16-27(11-10-25-22(19)14-26-23)15-17-6-7-21-18(12-17)8-9-24-21/h1-9,12-14,24-25H,10-11,15-16H2.